The van der Waals surface area contributed by atoms with E-state index in [-0.39, 0.29) is 54.2 Å². The summed E-state index contributed by atoms with van der Waals surface area (Å²) in [7, 11) is 8.89. The number of rotatable bonds is 23. The molecule has 2 aliphatic carbocycles. The number of aromatic nitrogens is 3. The van der Waals surface area contributed by atoms with Crippen LogP contribution in [0.25, 0.3) is 0 Å². The molecule has 2 saturated heterocycles. The van der Waals surface area contributed by atoms with Crippen molar-refractivity contribution < 1.29 is 71.8 Å². The highest BCUT2D eigenvalue weighted by molar-refractivity contribution is 8.76. The predicted molar refractivity (Wildman–Crippen MR) is 321 cm³/mol. The molecule has 3 aliphatic heterocycles. The number of amides is 5. The maximum Gasteiger partial charge on any atom is 0.409 e. The molecule has 2 aromatic rings. The lowest BCUT2D eigenvalue weighted by Crippen LogP contribution is -2.63. The smallest absolute Gasteiger partial charge is 0.409 e. The second-order valence-electron chi connectivity index (χ2n) is 23.9. The van der Waals surface area contributed by atoms with Gasteiger partial charge in [-0.2, -0.15) is 0 Å². The van der Waals surface area contributed by atoms with Crippen molar-refractivity contribution in [3.63, 3.8) is 0 Å². The topological polar surface area (TPSA) is 273 Å². The minimum atomic E-state index is -1.86. The molecule has 4 N–H and O–H groups in total. The summed E-state index contributed by atoms with van der Waals surface area (Å²) in [5, 5.41) is 29.2. The monoisotopic (exact) mass is 1250 g/mol. The number of likely N-dealkylation sites (N-methyl/N-ethyl adjacent to an activating group) is 1. The largest absolute Gasteiger partial charge is 0.495 e. The number of epoxide rings is 1. The second kappa shape index (κ2) is 30.2. The van der Waals surface area contributed by atoms with Crippen LogP contribution < -0.4 is 25.6 Å². The Labute approximate surface area is 511 Å². The Morgan fingerprint density at radius 1 is 1.04 bits per heavy atom. The number of hydrogen-bond donors (Lipinski definition) is 4. The fourth-order valence-electron chi connectivity index (χ4n) is 11.4. The summed E-state index contributed by atoms with van der Waals surface area (Å²) in [5.74, 6) is 0.540. The molecule has 472 valence electrons. The third kappa shape index (κ3) is 18.2. The number of aliphatic hydroxyl groups is 1. The lowest BCUT2D eigenvalue weighted by Gasteiger charge is -2.42. The Morgan fingerprint density at radius 2 is 1.74 bits per heavy atom. The quantitative estimate of drug-likeness (QED) is 0.0309. The van der Waals surface area contributed by atoms with E-state index in [1.165, 1.54) is 52.7 Å². The molecule has 1 unspecified atom stereocenters. The molecule has 1 saturated carbocycles. The second-order valence-corrected chi connectivity index (χ2v) is 27.0. The van der Waals surface area contributed by atoms with Crippen molar-refractivity contribution in [3.05, 3.63) is 57.9 Å². The van der Waals surface area contributed by atoms with Crippen LogP contribution in [0.4, 0.5) is 15.3 Å². The molecule has 26 heteroatoms. The Morgan fingerprint density at radius 3 is 2.45 bits per heavy atom. The maximum atomic E-state index is 14.4. The Kier molecular flexibility index (Phi) is 23.9. The van der Waals surface area contributed by atoms with Crippen LogP contribution in [0.3, 0.4) is 0 Å². The number of nitrogens with zero attached hydrogens (tertiary/aromatic N) is 5. The number of methoxy groups -OCH3 is 2. The summed E-state index contributed by atoms with van der Waals surface area (Å²) in [6.07, 6.45) is 4.41. The molecule has 7 rings (SSSR count). The first-order chi connectivity index (χ1) is 40.4. The van der Waals surface area contributed by atoms with Gasteiger partial charge < -0.3 is 63.4 Å². The van der Waals surface area contributed by atoms with Crippen molar-refractivity contribution in [1.29, 1.82) is 0 Å². The standard InChI is InChI=1S/C59H87ClN8O15S2/c1-35-13-12-14-47(77-11)59(75)33-46(81-56(74)63-59)36(2)53-58(7,83-53)48(32-51(71)67(9)44-30-38(29-35)31-45(76-10)52(44)60)82-54(72)37(3)66(8)50(70)20-28-85-84-27-19-49(69)61-21-23-78-25-26-79-24-22-68-43-18-16-40-39(15-17-42(43)64-65-68)41(40)34-80-55(73)62-57(4,5)6/h12-14,30-31,36-37,39-41,46-48,53,75H,15-29,32-34H2,1-11H3,(H,61,69)(H,62,73)(H,63,74)/b14-12+,35-13+/t36?,37-,39+,40-,41-,46-,47+,48-,53-,58-,59-/m0/s1. The summed E-state index contributed by atoms with van der Waals surface area (Å²) < 4.78 is 48.5. The first kappa shape index (κ1) is 67.4. The number of esters is 1. The first-order valence-electron chi connectivity index (χ1n) is 29.2. The molecule has 5 amide bonds. The maximum absolute atomic E-state index is 14.4. The van der Waals surface area contributed by atoms with Gasteiger partial charge in [0.05, 0.1) is 76.3 Å². The van der Waals surface area contributed by atoms with E-state index in [4.69, 9.17) is 49.5 Å². The van der Waals surface area contributed by atoms with Gasteiger partial charge in [-0.1, -0.05) is 69.1 Å². The van der Waals surface area contributed by atoms with Crippen molar-refractivity contribution in [2.75, 3.05) is 84.3 Å². The van der Waals surface area contributed by atoms with E-state index in [9.17, 15) is 33.9 Å². The van der Waals surface area contributed by atoms with Crippen molar-refractivity contribution in [3.8, 4) is 5.75 Å². The van der Waals surface area contributed by atoms with E-state index in [0.29, 0.717) is 93.2 Å². The number of nitrogens with one attached hydrogen (secondary N) is 3. The van der Waals surface area contributed by atoms with Crippen LogP contribution in [0.15, 0.2) is 35.9 Å². The van der Waals surface area contributed by atoms with Gasteiger partial charge in [0.25, 0.3) is 0 Å². The van der Waals surface area contributed by atoms with Crippen LogP contribution in [-0.2, 0) is 78.1 Å². The van der Waals surface area contributed by atoms with Crippen LogP contribution in [0.2, 0.25) is 5.02 Å². The SMILES string of the molecule is COc1cc2cc(c1Cl)N(C)C(=O)C[C@H](OC(=O)[C@H](C)N(C)C(=O)CCSSCCC(=O)NCCOCCOCCn1nnc3c1CC[C@H]1[C@@H](CC3)[C@@H]1COC(=O)NC(C)(C)C)[C@]1(C)O[C@H]1C(C)[C@@H]1C[C@@](O)(NC(=O)O1)[C@H](OC)/C=C/C=C(\C)C2. The molecule has 23 nitrogen and oxygen atoms in total. The van der Waals surface area contributed by atoms with Gasteiger partial charge >= 0.3 is 18.2 Å². The molecule has 0 spiro atoms. The molecule has 85 heavy (non-hydrogen) atoms. The lowest BCUT2D eigenvalue weighted by atomic mass is 9.83. The van der Waals surface area contributed by atoms with Gasteiger partial charge in [0.15, 0.2) is 5.72 Å². The molecule has 5 aliphatic rings. The summed E-state index contributed by atoms with van der Waals surface area (Å²) in [5.41, 5.74) is 0.786. The highest BCUT2D eigenvalue weighted by Crippen LogP contribution is 2.53. The zero-order chi connectivity index (χ0) is 61.8. The molecule has 0 radical (unpaired) electrons. The van der Waals surface area contributed by atoms with Crippen molar-refractivity contribution in [2.24, 2.45) is 23.7 Å². The molecule has 4 bridgehead atoms. The van der Waals surface area contributed by atoms with Crippen LogP contribution in [0.1, 0.15) is 104 Å². The minimum Gasteiger partial charge on any atom is -0.495 e. The summed E-state index contributed by atoms with van der Waals surface area (Å²) >= 11 is 6.83. The van der Waals surface area contributed by atoms with Crippen molar-refractivity contribution in [1.82, 2.24) is 35.8 Å². The number of anilines is 1. The van der Waals surface area contributed by atoms with Crippen LogP contribution in [0.5, 0.6) is 5.75 Å². The highest BCUT2D eigenvalue weighted by Gasteiger charge is 2.64. The number of alkyl carbamates (subject to hydrolysis) is 2. The van der Waals surface area contributed by atoms with E-state index < -0.39 is 65.7 Å². The molecule has 4 heterocycles. The van der Waals surface area contributed by atoms with Gasteiger partial charge in [-0.15, -0.1) is 5.10 Å². The van der Waals surface area contributed by atoms with Crippen LogP contribution >= 0.6 is 33.2 Å². The third-order valence-corrected chi connectivity index (χ3v) is 19.3. The zero-order valence-corrected chi connectivity index (χ0v) is 53.3. The summed E-state index contributed by atoms with van der Waals surface area (Å²) in [6, 6.07) is 2.51. The number of ether oxygens (including phenoxy) is 8. The molecule has 1 aromatic carbocycles. The van der Waals surface area contributed by atoms with E-state index >= 15 is 0 Å². The molecular weight excluding hydrogens is 1160 g/mol. The normalized spacial score (nSPS) is 28.0. The average molecular weight is 1250 g/mol. The number of allylic oxidation sites excluding steroid dienone is 3. The van der Waals surface area contributed by atoms with Crippen LogP contribution in [-0.4, -0.2) is 188 Å². The third-order valence-electron chi connectivity index (χ3n) is 16.5. The van der Waals surface area contributed by atoms with Gasteiger partial charge in [0.1, 0.15) is 40.7 Å². The number of halogens is 1. The summed E-state index contributed by atoms with van der Waals surface area (Å²) in [6.45, 7) is 15.7. The number of carbonyl (C=O) groups excluding carboxylic acids is 6. The number of aryl methyl sites for hydroxylation is 1. The number of benzene rings is 1. The van der Waals surface area contributed by atoms with E-state index in [0.717, 1.165) is 48.2 Å². The van der Waals surface area contributed by atoms with E-state index in [2.05, 4.69) is 26.3 Å². The molecule has 1 aromatic heterocycles. The number of hydrogen-bond acceptors (Lipinski definition) is 19. The van der Waals surface area contributed by atoms with Crippen molar-refractivity contribution in [2.45, 2.75) is 160 Å². The Balaban J connectivity index is 0.805. The van der Waals surface area contributed by atoms with E-state index in [1.807, 2.05) is 38.5 Å². The molecular formula is C59H87ClN8O15S2. The van der Waals surface area contributed by atoms with E-state index in [1.54, 1.807) is 52.1 Å². The first-order valence-corrected chi connectivity index (χ1v) is 32.1. The molecule has 3 fully saturated rings. The van der Waals surface area contributed by atoms with Crippen molar-refractivity contribution >= 4 is 74.8 Å². The summed E-state index contributed by atoms with van der Waals surface area (Å²) in [4.78, 5) is 82.3. The van der Waals surface area contributed by atoms with Gasteiger partial charge in [0.2, 0.25) is 17.7 Å². The Hall–Kier alpha value is -5.15. The fourth-order valence-corrected chi connectivity index (χ4v) is 13.6. The van der Waals surface area contributed by atoms with Gasteiger partial charge in [0, 0.05) is 70.0 Å². The number of fused-ring (bicyclic) bond motifs is 7. The van der Waals surface area contributed by atoms with Gasteiger partial charge in [-0.25, -0.2) is 19.1 Å². The minimum absolute atomic E-state index is 0.0805. The average Bonchev–Trinajstić information content (AvgIpc) is 3.33. The van der Waals surface area contributed by atoms with Gasteiger partial charge in [-0.05, 0) is 109 Å². The Bertz CT molecular complexity index is 2750. The highest BCUT2D eigenvalue weighted by atomic mass is 35.5. The molecule has 11 atom stereocenters. The zero-order valence-electron chi connectivity index (χ0n) is 50.9. The fraction of sp³-hybridized carbons (Fsp3) is 0.695. The number of carbonyl (C=O) groups is 6. The predicted octanol–water partition coefficient (Wildman–Crippen LogP) is 6.38. The lowest BCUT2D eigenvalue weighted by molar-refractivity contribution is -0.162. The van der Waals surface area contributed by atoms with Gasteiger partial charge in [-0.3, -0.25) is 19.7 Å². The van der Waals surface area contributed by atoms with Crippen LogP contribution in [0, 0.1) is 23.7 Å².